The van der Waals surface area contributed by atoms with Crippen LogP contribution in [0.1, 0.15) is 47.1 Å². The summed E-state index contributed by atoms with van der Waals surface area (Å²) in [5.74, 6) is 0.0925. The van der Waals surface area contributed by atoms with Gasteiger partial charge in [0, 0.05) is 29.6 Å². The largest absolute Gasteiger partial charge is 0.361 e. The molecular weight excluding hydrogens is 388 g/mol. The van der Waals surface area contributed by atoms with Crippen LogP contribution in [0.3, 0.4) is 0 Å². The lowest BCUT2D eigenvalue weighted by molar-refractivity contribution is -0.123. The Labute approximate surface area is 180 Å². The van der Waals surface area contributed by atoms with Crippen molar-refractivity contribution in [2.24, 2.45) is 0 Å². The second kappa shape index (κ2) is 8.60. The summed E-state index contributed by atoms with van der Waals surface area (Å²) in [7, 11) is 0. The zero-order chi connectivity index (χ0) is 22.0. The fourth-order valence-corrected chi connectivity index (χ4v) is 3.83. The van der Waals surface area contributed by atoms with Crippen LogP contribution in [0.25, 0.3) is 10.9 Å². The lowest BCUT2D eigenvalue weighted by Gasteiger charge is -2.21. The van der Waals surface area contributed by atoms with Gasteiger partial charge >= 0.3 is 0 Å². The highest BCUT2D eigenvalue weighted by Crippen LogP contribution is 2.25. The summed E-state index contributed by atoms with van der Waals surface area (Å²) in [6.07, 6.45) is 2.47. The number of carbonyl (C=O) groups excluding carboxylic acids is 1. The Morgan fingerprint density at radius 1 is 1.10 bits per heavy atom. The number of amides is 1. The van der Waals surface area contributed by atoms with E-state index in [0.717, 1.165) is 27.6 Å². The first-order chi connectivity index (χ1) is 14.9. The standard InChI is InChI=1S/C25H26N4O2/c1-15-8-10-18(11-9-15)16(2)25(31)29-22(23-13-24(30)28-17(3)27-23)12-19-14-26-21-7-5-4-6-20(19)21/h4-11,13-14,16,22,26H,12H2,1-3H3,(H,29,31)(H,27,28,30)/t16-,22-/m0/s1. The first kappa shape index (κ1) is 20.6. The van der Waals surface area contributed by atoms with Crippen LogP contribution in [0.4, 0.5) is 0 Å². The van der Waals surface area contributed by atoms with Crippen LogP contribution in [0.5, 0.6) is 0 Å². The molecule has 0 unspecified atom stereocenters. The molecule has 2 atom stereocenters. The summed E-state index contributed by atoms with van der Waals surface area (Å²) in [6, 6.07) is 17.0. The van der Waals surface area contributed by atoms with Gasteiger partial charge in [0.25, 0.3) is 5.56 Å². The molecule has 1 amide bonds. The SMILES string of the molecule is Cc1ccc([C@H](C)C(=O)N[C@@H](Cc2c[nH]c3ccccc23)c2cc(=O)[nH]c(C)n2)cc1. The fraction of sp³-hybridized carbons (Fsp3) is 0.240. The molecule has 31 heavy (non-hydrogen) atoms. The number of aromatic amines is 2. The Morgan fingerprint density at radius 3 is 2.58 bits per heavy atom. The molecule has 0 saturated heterocycles. The van der Waals surface area contributed by atoms with E-state index in [1.807, 2.05) is 68.6 Å². The summed E-state index contributed by atoms with van der Waals surface area (Å²) in [5, 5.41) is 4.23. The van der Waals surface area contributed by atoms with E-state index in [1.165, 1.54) is 6.07 Å². The fourth-order valence-electron chi connectivity index (χ4n) is 3.83. The van der Waals surface area contributed by atoms with Crippen LogP contribution >= 0.6 is 0 Å². The van der Waals surface area contributed by atoms with Crippen molar-refractivity contribution >= 4 is 16.8 Å². The molecule has 158 valence electrons. The number of benzene rings is 2. The lowest BCUT2D eigenvalue weighted by atomic mass is 9.97. The van der Waals surface area contributed by atoms with Gasteiger partial charge in [-0.3, -0.25) is 9.59 Å². The summed E-state index contributed by atoms with van der Waals surface area (Å²) in [5.41, 5.74) is 4.51. The van der Waals surface area contributed by atoms with Gasteiger partial charge in [-0.05, 0) is 38.0 Å². The Morgan fingerprint density at radius 2 is 1.84 bits per heavy atom. The van der Waals surface area contributed by atoms with Crippen molar-refractivity contribution in [3.63, 3.8) is 0 Å². The zero-order valence-electron chi connectivity index (χ0n) is 17.9. The van der Waals surface area contributed by atoms with E-state index < -0.39 is 6.04 Å². The summed E-state index contributed by atoms with van der Waals surface area (Å²) >= 11 is 0. The van der Waals surface area contributed by atoms with Crippen molar-refractivity contribution in [3.8, 4) is 0 Å². The van der Waals surface area contributed by atoms with Crippen LogP contribution in [0.15, 0.2) is 65.6 Å². The second-order valence-corrected chi connectivity index (χ2v) is 8.01. The Hall–Kier alpha value is -3.67. The van der Waals surface area contributed by atoms with Gasteiger partial charge in [0.05, 0.1) is 17.7 Å². The van der Waals surface area contributed by atoms with Crippen molar-refractivity contribution in [3.05, 3.63) is 99.4 Å². The number of rotatable bonds is 6. The van der Waals surface area contributed by atoms with E-state index in [0.29, 0.717) is 17.9 Å². The first-order valence-electron chi connectivity index (χ1n) is 10.4. The van der Waals surface area contributed by atoms with Gasteiger partial charge in [0.2, 0.25) is 5.91 Å². The molecule has 0 aliphatic rings. The molecule has 4 aromatic rings. The Kier molecular flexibility index (Phi) is 5.71. The van der Waals surface area contributed by atoms with Gasteiger partial charge in [-0.1, -0.05) is 48.0 Å². The Bertz CT molecular complexity index is 1270. The molecule has 4 rings (SSSR count). The summed E-state index contributed by atoms with van der Waals surface area (Å²) < 4.78 is 0. The van der Waals surface area contributed by atoms with Crippen molar-refractivity contribution in [2.45, 2.75) is 39.2 Å². The molecule has 2 heterocycles. The minimum absolute atomic E-state index is 0.103. The Balaban J connectivity index is 1.65. The van der Waals surface area contributed by atoms with Crippen LogP contribution in [0.2, 0.25) is 0 Å². The number of hydrogen-bond acceptors (Lipinski definition) is 3. The van der Waals surface area contributed by atoms with Crippen LogP contribution < -0.4 is 10.9 Å². The van der Waals surface area contributed by atoms with Crippen molar-refractivity contribution < 1.29 is 4.79 Å². The average molecular weight is 415 g/mol. The molecule has 0 radical (unpaired) electrons. The number of nitrogens with zero attached hydrogens (tertiary/aromatic N) is 1. The number of carbonyl (C=O) groups is 1. The number of H-pyrrole nitrogens is 2. The summed E-state index contributed by atoms with van der Waals surface area (Å²) in [4.78, 5) is 35.7. The molecule has 0 aliphatic heterocycles. The van der Waals surface area contributed by atoms with Crippen LogP contribution in [0, 0.1) is 13.8 Å². The monoisotopic (exact) mass is 414 g/mol. The van der Waals surface area contributed by atoms with Gasteiger partial charge in [0.1, 0.15) is 5.82 Å². The molecular formula is C25H26N4O2. The predicted octanol–water partition coefficient (Wildman–Crippen LogP) is 4.07. The van der Waals surface area contributed by atoms with E-state index >= 15 is 0 Å². The van der Waals surface area contributed by atoms with Crippen molar-refractivity contribution in [1.29, 1.82) is 0 Å². The van der Waals surface area contributed by atoms with E-state index in [4.69, 9.17) is 0 Å². The minimum Gasteiger partial charge on any atom is -0.361 e. The normalized spacial score (nSPS) is 13.1. The van der Waals surface area contributed by atoms with Gasteiger partial charge < -0.3 is 15.3 Å². The summed E-state index contributed by atoms with van der Waals surface area (Å²) in [6.45, 7) is 5.65. The second-order valence-electron chi connectivity index (χ2n) is 8.01. The molecule has 0 aliphatic carbocycles. The topological polar surface area (TPSA) is 90.6 Å². The molecule has 0 saturated carbocycles. The third-order valence-electron chi connectivity index (χ3n) is 5.62. The molecule has 6 nitrogen and oxygen atoms in total. The van der Waals surface area contributed by atoms with Gasteiger partial charge in [-0.15, -0.1) is 0 Å². The van der Waals surface area contributed by atoms with E-state index in [1.54, 1.807) is 6.92 Å². The maximum atomic E-state index is 13.1. The highest BCUT2D eigenvalue weighted by Gasteiger charge is 2.23. The highest BCUT2D eigenvalue weighted by atomic mass is 16.2. The van der Waals surface area contributed by atoms with Gasteiger partial charge in [-0.25, -0.2) is 4.98 Å². The number of hydrogen-bond donors (Lipinski definition) is 3. The van der Waals surface area contributed by atoms with Crippen LogP contribution in [-0.4, -0.2) is 20.9 Å². The molecule has 0 spiro atoms. The molecule has 2 aromatic carbocycles. The van der Waals surface area contributed by atoms with E-state index in [9.17, 15) is 9.59 Å². The average Bonchev–Trinajstić information content (AvgIpc) is 3.15. The van der Waals surface area contributed by atoms with Crippen LogP contribution in [-0.2, 0) is 11.2 Å². The first-order valence-corrected chi connectivity index (χ1v) is 10.4. The van der Waals surface area contributed by atoms with Gasteiger partial charge in [-0.2, -0.15) is 0 Å². The molecule has 0 bridgehead atoms. The third kappa shape index (κ3) is 4.58. The smallest absolute Gasteiger partial charge is 0.251 e. The van der Waals surface area contributed by atoms with E-state index in [-0.39, 0.29) is 17.4 Å². The number of nitrogens with one attached hydrogen (secondary N) is 3. The zero-order valence-corrected chi connectivity index (χ0v) is 17.9. The maximum Gasteiger partial charge on any atom is 0.251 e. The van der Waals surface area contributed by atoms with E-state index in [2.05, 4.69) is 20.3 Å². The van der Waals surface area contributed by atoms with Gasteiger partial charge in [0.15, 0.2) is 0 Å². The molecule has 0 fully saturated rings. The third-order valence-corrected chi connectivity index (χ3v) is 5.62. The quantitative estimate of drug-likeness (QED) is 0.444. The lowest BCUT2D eigenvalue weighted by Crippen LogP contribution is -2.34. The number of aromatic nitrogens is 3. The van der Waals surface area contributed by atoms with Crippen molar-refractivity contribution in [1.82, 2.24) is 20.3 Å². The maximum absolute atomic E-state index is 13.1. The number of aryl methyl sites for hydroxylation is 2. The molecule has 6 heteroatoms. The number of fused-ring (bicyclic) bond motifs is 1. The predicted molar refractivity (Wildman–Crippen MR) is 122 cm³/mol. The number of para-hydroxylation sites is 1. The molecule has 2 aromatic heterocycles. The minimum atomic E-state index is -0.430. The van der Waals surface area contributed by atoms with Crippen molar-refractivity contribution in [2.75, 3.05) is 0 Å². The molecule has 3 N–H and O–H groups in total. The highest BCUT2D eigenvalue weighted by molar-refractivity contribution is 5.85.